The zero-order chi connectivity index (χ0) is 4.50. The molecule has 0 aromatic carbocycles. The second kappa shape index (κ2) is 2.79. The molecule has 6 heteroatoms. The van der Waals surface area contributed by atoms with E-state index in [1.165, 1.54) is 0 Å². The molecule has 0 saturated heterocycles. The van der Waals surface area contributed by atoms with Crippen molar-refractivity contribution in [3.63, 3.8) is 0 Å². The molecule has 0 rings (SSSR count). The summed E-state index contributed by atoms with van der Waals surface area (Å²) in [6, 6.07) is 0. The van der Waals surface area contributed by atoms with Crippen LogP contribution in [-0.2, 0) is 19.5 Å². The fourth-order valence-electron chi connectivity index (χ4n) is 0. The monoisotopic (exact) mass is 195 g/mol. The summed E-state index contributed by atoms with van der Waals surface area (Å²) in [6.45, 7) is 0. The van der Waals surface area contributed by atoms with Gasteiger partial charge in [0.2, 0.25) is 0 Å². The molecule has 0 aliphatic carbocycles. The van der Waals surface area contributed by atoms with Crippen LogP contribution in [0.1, 0.15) is 0 Å². The first-order valence-electron chi connectivity index (χ1n) is 0.816. The number of hydrogen-bond donors (Lipinski definition) is 0. The van der Waals surface area contributed by atoms with Crippen molar-refractivity contribution in [1.82, 2.24) is 0 Å². The molecule has 0 aromatic rings. The van der Waals surface area contributed by atoms with Crippen molar-refractivity contribution in [2.75, 3.05) is 0 Å². The third-order valence-electron chi connectivity index (χ3n) is 0. The standard InChI is InChI=1S/O4Si.Rh/c1-5(2,3)4;/q-4;. The van der Waals surface area contributed by atoms with Crippen molar-refractivity contribution in [2.45, 2.75) is 0 Å². The van der Waals surface area contributed by atoms with Crippen LogP contribution < -0.4 is 19.2 Å². The van der Waals surface area contributed by atoms with E-state index in [2.05, 4.69) is 0 Å². The molecule has 0 atom stereocenters. The molecule has 4 nitrogen and oxygen atoms in total. The molecule has 1 radical (unpaired) electrons. The first kappa shape index (κ1) is 9.84. The average Bonchev–Trinajstić information content (AvgIpc) is 0.722. The number of rotatable bonds is 0. The van der Waals surface area contributed by atoms with E-state index in [-0.39, 0.29) is 19.5 Å². The maximum Gasteiger partial charge on any atom is 0 e. The van der Waals surface area contributed by atoms with Crippen molar-refractivity contribution in [3.05, 3.63) is 0 Å². The molecule has 41 valence electrons. The second-order valence-electron chi connectivity index (χ2n) is 0.500. The van der Waals surface area contributed by atoms with Crippen molar-refractivity contribution in [2.24, 2.45) is 0 Å². The molecule has 0 aromatic heterocycles. The van der Waals surface area contributed by atoms with Crippen LogP contribution in [-0.4, -0.2) is 9.05 Å². The Morgan fingerprint density at radius 2 is 0.833 bits per heavy atom. The predicted octanol–water partition coefficient (Wildman–Crippen LogP) is -5.14. The second-order valence-corrected chi connectivity index (χ2v) is 1.50. The van der Waals surface area contributed by atoms with Crippen LogP contribution in [0.4, 0.5) is 0 Å². The minimum absolute atomic E-state index is 0. The Balaban J connectivity index is 0. The van der Waals surface area contributed by atoms with Crippen molar-refractivity contribution in [1.29, 1.82) is 0 Å². The molecule has 0 unspecified atom stereocenters. The zero-order valence-electron chi connectivity index (χ0n) is 2.47. The van der Waals surface area contributed by atoms with Crippen LogP contribution in [0.2, 0.25) is 0 Å². The predicted molar refractivity (Wildman–Crippen MR) is 5.75 cm³/mol. The fraction of sp³-hybridized carbons (Fsp3) is 0. The van der Waals surface area contributed by atoms with Gasteiger partial charge in [-0.15, -0.1) is 0 Å². The maximum absolute atomic E-state index is 8.58. The number of hydrogen-bond acceptors (Lipinski definition) is 4. The summed E-state index contributed by atoms with van der Waals surface area (Å²) in [5.74, 6) is 0. The van der Waals surface area contributed by atoms with E-state index < -0.39 is 9.05 Å². The summed E-state index contributed by atoms with van der Waals surface area (Å²) in [5.41, 5.74) is 0. The van der Waals surface area contributed by atoms with Gasteiger partial charge in [-0.2, -0.15) is 0 Å². The average molecular weight is 195 g/mol. The van der Waals surface area contributed by atoms with Gasteiger partial charge in [0.1, 0.15) is 0 Å². The van der Waals surface area contributed by atoms with Gasteiger partial charge in [0.15, 0.2) is 0 Å². The van der Waals surface area contributed by atoms with E-state index in [0.717, 1.165) is 0 Å². The molecule has 0 fully saturated rings. The van der Waals surface area contributed by atoms with Crippen molar-refractivity contribution < 1.29 is 38.7 Å². The van der Waals surface area contributed by atoms with E-state index in [1.807, 2.05) is 0 Å². The van der Waals surface area contributed by atoms with Crippen molar-refractivity contribution >= 4 is 9.05 Å². The molecular formula is O4RhSi-4. The van der Waals surface area contributed by atoms with Crippen LogP contribution in [0.15, 0.2) is 0 Å². The van der Waals surface area contributed by atoms with E-state index in [9.17, 15) is 0 Å². The van der Waals surface area contributed by atoms with Gasteiger partial charge in [0.05, 0.1) is 0 Å². The van der Waals surface area contributed by atoms with E-state index in [0.29, 0.717) is 0 Å². The zero-order valence-corrected chi connectivity index (χ0v) is 5.11. The molecule has 0 heterocycles. The Morgan fingerprint density at radius 3 is 0.833 bits per heavy atom. The Kier molecular flexibility index (Phi) is 4.57. The van der Waals surface area contributed by atoms with Crippen LogP contribution in [0.5, 0.6) is 0 Å². The first-order chi connectivity index (χ1) is 2.00. The van der Waals surface area contributed by atoms with Gasteiger partial charge in [-0.05, 0) is 0 Å². The minimum Gasteiger partial charge on any atom is -0.894 e. The minimum atomic E-state index is -5.61. The Labute approximate surface area is 48.3 Å². The van der Waals surface area contributed by atoms with Gasteiger partial charge in [-0.1, -0.05) is 0 Å². The van der Waals surface area contributed by atoms with Crippen LogP contribution in [0.25, 0.3) is 0 Å². The SMILES string of the molecule is [O-][Si]([O-])([O-])[O-].[Rh]. The Hall–Kier alpha value is 0.680. The summed E-state index contributed by atoms with van der Waals surface area (Å²) >= 11 is 0. The normalized spacial score (nSPS) is 10.0. The van der Waals surface area contributed by atoms with E-state index in [4.69, 9.17) is 19.2 Å². The molecule has 0 aliphatic heterocycles. The molecule has 6 heavy (non-hydrogen) atoms. The largest absolute Gasteiger partial charge is 0.894 e. The van der Waals surface area contributed by atoms with E-state index >= 15 is 0 Å². The smallest absolute Gasteiger partial charge is 0 e. The van der Waals surface area contributed by atoms with Crippen LogP contribution in [0.3, 0.4) is 0 Å². The van der Waals surface area contributed by atoms with Gasteiger partial charge >= 0.3 is 0 Å². The first-order valence-corrected chi connectivity index (χ1v) is 2.45. The van der Waals surface area contributed by atoms with Gasteiger partial charge < -0.3 is 28.2 Å². The molecular weight excluding hydrogens is 195 g/mol. The molecule has 0 saturated carbocycles. The van der Waals surface area contributed by atoms with Crippen LogP contribution >= 0.6 is 0 Å². The van der Waals surface area contributed by atoms with E-state index in [1.54, 1.807) is 0 Å². The summed E-state index contributed by atoms with van der Waals surface area (Å²) in [7, 11) is -5.61. The van der Waals surface area contributed by atoms with Gasteiger partial charge in [0, 0.05) is 19.5 Å². The molecule has 0 N–H and O–H groups in total. The van der Waals surface area contributed by atoms with Gasteiger partial charge in [0.25, 0.3) is 0 Å². The molecule has 0 aliphatic rings. The quantitative estimate of drug-likeness (QED) is 0.361. The topological polar surface area (TPSA) is 92.2 Å². The third kappa shape index (κ3) is 137. The summed E-state index contributed by atoms with van der Waals surface area (Å²) in [4.78, 5) is 34.3. The summed E-state index contributed by atoms with van der Waals surface area (Å²) in [5, 5.41) is 0. The van der Waals surface area contributed by atoms with Crippen molar-refractivity contribution in [3.8, 4) is 0 Å². The van der Waals surface area contributed by atoms with Gasteiger partial charge in [-0.3, -0.25) is 0 Å². The van der Waals surface area contributed by atoms with Crippen LogP contribution in [0, 0.1) is 0 Å². The van der Waals surface area contributed by atoms with Gasteiger partial charge in [-0.25, -0.2) is 0 Å². The molecule has 0 spiro atoms. The third-order valence-corrected chi connectivity index (χ3v) is 0. The summed E-state index contributed by atoms with van der Waals surface area (Å²) in [6.07, 6.45) is 0. The fourth-order valence-corrected chi connectivity index (χ4v) is 0. The molecule has 0 bridgehead atoms. The molecule has 0 amide bonds. The Bertz CT molecular complexity index is 23.0. The maximum atomic E-state index is 8.58. The summed E-state index contributed by atoms with van der Waals surface area (Å²) < 4.78 is 0. The Morgan fingerprint density at radius 1 is 0.833 bits per heavy atom.